The molecule has 0 unspecified atom stereocenters. The van der Waals surface area contributed by atoms with E-state index in [9.17, 15) is 8.42 Å². The van der Waals surface area contributed by atoms with Gasteiger partial charge in [-0.2, -0.15) is 0 Å². The number of hydrogen-bond acceptors (Lipinski definition) is 3. The molecule has 1 aliphatic carbocycles. The van der Waals surface area contributed by atoms with Gasteiger partial charge >= 0.3 is 0 Å². The molecule has 12 heavy (non-hydrogen) atoms. The molecule has 0 aromatic rings. The van der Waals surface area contributed by atoms with Crippen LogP contribution in [0.2, 0.25) is 0 Å². The van der Waals surface area contributed by atoms with Crippen molar-refractivity contribution in [2.24, 2.45) is 23.0 Å². The molecule has 2 N–H and O–H groups in total. The Labute approximate surface area is 74.3 Å². The molecule has 0 bridgehead atoms. The van der Waals surface area contributed by atoms with Crippen LogP contribution >= 0.6 is 0 Å². The molecular weight excluding hydrogens is 174 g/mol. The van der Waals surface area contributed by atoms with Gasteiger partial charge in [0, 0.05) is 6.26 Å². The van der Waals surface area contributed by atoms with Crippen molar-refractivity contribution in [3.05, 3.63) is 0 Å². The van der Waals surface area contributed by atoms with Gasteiger partial charge in [0.2, 0.25) is 0 Å². The zero-order chi connectivity index (χ0) is 9.57. The Morgan fingerprint density at radius 2 is 1.83 bits per heavy atom. The SMILES string of the molecule is CC1(C)[C@H](CN)[C@H]1CS(C)(=O)=O. The fourth-order valence-electron chi connectivity index (χ4n) is 1.98. The van der Waals surface area contributed by atoms with Gasteiger partial charge in [0.15, 0.2) is 0 Å². The van der Waals surface area contributed by atoms with Gasteiger partial charge in [-0.05, 0) is 23.8 Å². The topological polar surface area (TPSA) is 60.2 Å². The van der Waals surface area contributed by atoms with Crippen molar-refractivity contribution in [2.75, 3.05) is 18.6 Å². The Balaban J connectivity index is 2.60. The normalized spacial score (nSPS) is 33.3. The van der Waals surface area contributed by atoms with Crippen molar-refractivity contribution in [2.45, 2.75) is 13.8 Å². The molecule has 4 heteroatoms. The van der Waals surface area contributed by atoms with E-state index in [1.165, 1.54) is 6.26 Å². The number of nitrogens with two attached hydrogens (primary N) is 1. The highest BCUT2D eigenvalue weighted by molar-refractivity contribution is 7.90. The highest BCUT2D eigenvalue weighted by Crippen LogP contribution is 2.57. The molecule has 0 amide bonds. The number of rotatable bonds is 3. The lowest BCUT2D eigenvalue weighted by Crippen LogP contribution is -2.09. The summed E-state index contributed by atoms with van der Waals surface area (Å²) in [6.45, 7) is 4.77. The summed E-state index contributed by atoms with van der Waals surface area (Å²) >= 11 is 0. The lowest BCUT2D eigenvalue weighted by atomic mass is 10.1. The van der Waals surface area contributed by atoms with E-state index in [2.05, 4.69) is 13.8 Å². The summed E-state index contributed by atoms with van der Waals surface area (Å²) in [5, 5.41) is 0. The molecule has 0 saturated heterocycles. The van der Waals surface area contributed by atoms with Gasteiger partial charge in [-0.1, -0.05) is 13.8 Å². The lowest BCUT2D eigenvalue weighted by Gasteiger charge is -1.99. The first kappa shape index (κ1) is 9.99. The van der Waals surface area contributed by atoms with Crippen LogP contribution in [-0.4, -0.2) is 27.0 Å². The molecule has 3 nitrogen and oxygen atoms in total. The Hall–Kier alpha value is -0.0900. The molecular formula is C8H17NO2S. The second-order valence-corrected chi connectivity index (χ2v) is 6.55. The summed E-state index contributed by atoms with van der Waals surface area (Å²) in [6, 6.07) is 0. The minimum atomic E-state index is -2.83. The van der Waals surface area contributed by atoms with Crippen LogP contribution in [0.1, 0.15) is 13.8 Å². The van der Waals surface area contributed by atoms with E-state index in [0.29, 0.717) is 18.2 Å². The molecule has 1 saturated carbocycles. The van der Waals surface area contributed by atoms with E-state index in [4.69, 9.17) is 5.73 Å². The van der Waals surface area contributed by atoms with Crippen LogP contribution in [0.5, 0.6) is 0 Å². The van der Waals surface area contributed by atoms with Crippen LogP contribution in [0.15, 0.2) is 0 Å². The summed E-state index contributed by atoms with van der Waals surface area (Å²) in [5.74, 6) is 0.965. The smallest absolute Gasteiger partial charge is 0.147 e. The summed E-state index contributed by atoms with van der Waals surface area (Å²) in [4.78, 5) is 0. The van der Waals surface area contributed by atoms with E-state index in [0.717, 1.165) is 0 Å². The van der Waals surface area contributed by atoms with Crippen LogP contribution in [0, 0.1) is 17.3 Å². The zero-order valence-corrected chi connectivity index (χ0v) is 8.69. The van der Waals surface area contributed by atoms with E-state index >= 15 is 0 Å². The molecule has 0 heterocycles. The van der Waals surface area contributed by atoms with Crippen molar-refractivity contribution in [3.8, 4) is 0 Å². The van der Waals surface area contributed by atoms with E-state index in [1.807, 2.05) is 0 Å². The van der Waals surface area contributed by atoms with E-state index < -0.39 is 9.84 Å². The maximum Gasteiger partial charge on any atom is 0.147 e. The third-order valence-electron chi connectivity index (χ3n) is 3.02. The molecule has 1 fully saturated rings. The average Bonchev–Trinajstić information content (AvgIpc) is 2.30. The van der Waals surface area contributed by atoms with Gasteiger partial charge in [0.25, 0.3) is 0 Å². The van der Waals surface area contributed by atoms with Crippen molar-refractivity contribution in [3.63, 3.8) is 0 Å². The maximum atomic E-state index is 11.0. The average molecular weight is 191 g/mol. The van der Waals surface area contributed by atoms with Gasteiger partial charge in [-0.15, -0.1) is 0 Å². The highest BCUT2D eigenvalue weighted by Gasteiger charge is 2.57. The van der Waals surface area contributed by atoms with Crippen LogP contribution in [0.4, 0.5) is 0 Å². The molecule has 72 valence electrons. The Bertz CT molecular complexity index is 269. The largest absolute Gasteiger partial charge is 0.330 e. The Kier molecular flexibility index (Phi) is 2.25. The lowest BCUT2D eigenvalue weighted by molar-refractivity contribution is 0.543. The predicted octanol–water partition coefficient (Wildman–Crippen LogP) is 0.262. The standard InChI is InChI=1S/C8H17NO2S/c1-8(2)6(4-9)7(8)5-12(3,10)11/h6-7H,4-5,9H2,1-3H3/t6-,7-/m1/s1. The second-order valence-electron chi connectivity index (χ2n) is 4.36. The third kappa shape index (κ3) is 1.80. The summed E-state index contributed by atoms with van der Waals surface area (Å²) < 4.78 is 22.0. The highest BCUT2D eigenvalue weighted by atomic mass is 32.2. The zero-order valence-electron chi connectivity index (χ0n) is 7.87. The van der Waals surface area contributed by atoms with Gasteiger partial charge < -0.3 is 5.73 Å². The molecule has 0 aromatic heterocycles. The monoisotopic (exact) mass is 191 g/mol. The summed E-state index contributed by atoms with van der Waals surface area (Å²) in [5.41, 5.74) is 5.66. The first-order valence-electron chi connectivity index (χ1n) is 4.17. The molecule has 2 atom stereocenters. The Morgan fingerprint density at radius 3 is 2.08 bits per heavy atom. The van der Waals surface area contributed by atoms with E-state index in [1.54, 1.807) is 0 Å². The van der Waals surface area contributed by atoms with Crippen molar-refractivity contribution in [1.82, 2.24) is 0 Å². The molecule has 1 aliphatic rings. The fraction of sp³-hybridized carbons (Fsp3) is 1.00. The quantitative estimate of drug-likeness (QED) is 0.696. The van der Waals surface area contributed by atoms with Gasteiger partial charge in [-0.25, -0.2) is 8.42 Å². The van der Waals surface area contributed by atoms with Gasteiger partial charge in [0.1, 0.15) is 9.84 Å². The summed E-state index contributed by atoms with van der Waals surface area (Å²) in [7, 11) is -2.83. The van der Waals surface area contributed by atoms with Gasteiger partial charge in [0.05, 0.1) is 5.75 Å². The number of sulfone groups is 1. The molecule has 0 aliphatic heterocycles. The fourth-order valence-corrected chi connectivity index (χ4v) is 3.30. The molecule has 0 radical (unpaired) electrons. The van der Waals surface area contributed by atoms with Crippen LogP contribution in [0.25, 0.3) is 0 Å². The minimum absolute atomic E-state index is 0.137. The van der Waals surface area contributed by atoms with E-state index in [-0.39, 0.29) is 11.3 Å². The minimum Gasteiger partial charge on any atom is -0.330 e. The van der Waals surface area contributed by atoms with Crippen molar-refractivity contribution in [1.29, 1.82) is 0 Å². The van der Waals surface area contributed by atoms with Crippen LogP contribution in [-0.2, 0) is 9.84 Å². The van der Waals surface area contributed by atoms with Crippen molar-refractivity contribution < 1.29 is 8.42 Å². The predicted molar refractivity (Wildman–Crippen MR) is 49.5 cm³/mol. The third-order valence-corrected chi connectivity index (χ3v) is 3.99. The molecule has 1 rings (SSSR count). The van der Waals surface area contributed by atoms with Crippen LogP contribution < -0.4 is 5.73 Å². The first-order chi connectivity index (χ1) is 5.29. The first-order valence-corrected chi connectivity index (χ1v) is 6.23. The van der Waals surface area contributed by atoms with Crippen molar-refractivity contribution >= 4 is 9.84 Å². The second kappa shape index (κ2) is 2.70. The molecule has 0 spiro atoms. The summed E-state index contributed by atoms with van der Waals surface area (Å²) in [6.07, 6.45) is 1.29. The maximum absolute atomic E-state index is 11.0. The van der Waals surface area contributed by atoms with Gasteiger partial charge in [-0.3, -0.25) is 0 Å². The number of hydrogen-bond donors (Lipinski definition) is 1. The molecule has 0 aromatic carbocycles. The Morgan fingerprint density at radius 1 is 1.33 bits per heavy atom. The van der Waals surface area contributed by atoms with Crippen LogP contribution in [0.3, 0.4) is 0 Å².